The molecule has 1 aliphatic rings. The normalized spacial score (nSPS) is 15.3. The molecule has 0 spiro atoms. The molecule has 0 saturated carbocycles. The Kier molecular flexibility index (Phi) is 4.44. The number of thiazole rings is 1. The Bertz CT molecular complexity index is 553. The summed E-state index contributed by atoms with van der Waals surface area (Å²) in [7, 11) is 0. The first-order valence-electron chi connectivity index (χ1n) is 7.17. The van der Waals surface area contributed by atoms with Gasteiger partial charge in [0.15, 0.2) is 0 Å². The SMILES string of the molecule is CCNC(c1ccc(SC)cc1)c1nc2c(s1)CCC2. The maximum atomic E-state index is 4.88. The minimum Gasteiger partial charge on any atom is -0.305 e. The maximum Gasteiger partial charge on any atom is 0.115 e. The van der Waals surface area contributed by atoms with Gasteiger partial charge in [-0.1, -0.05) is 19.1 Å². The maximum absolute atomic E-state index is 4.88. The summed E-state index contributed by atoms with van der Waals surface area (Å²) in [6.07, 6.45) is 5.78. The van der Waals surface area contributed by atoms with Crippen molar-refractivity contribution in [3.8, 4) is 0 Å². The summed E-state index contributed by atoms with van der Waals surface area (Å²) in [4.78, 5) is 7.69. The van der Waals surface area contributed by atoms with E-state index >= 15 is 0 Å². The van der Waals surface area contributed by atoms with Gasteiger partial charge in [-0.2, -0.15) is 0 Å². The lowest BCUT2D eigenvalue weighted by molar-refractivity contribution is 0.624. The zero-order chi connectivity index (χ0) is 13.9. The van der Waals surface area contributed by atoms with Crippen LogP contribution >= 0.6 is 23.1 Å². The third-order valence-electron chi connectivity index (χ3n) is 3.72. The fourth-order valence-electron chi connectivity index (χ4n) is 2.68. The van der Waals surface area contributed by atoms with Crippen molar-refractivity contribution in [2.75, 3.05) is 12.8 Å². The van der Waals surface area contributed by atoms with Crippen molar-refractivity contribution in [3.05, 3.63) is 45.4 Å². The van der Waals surface area contributed by atoms with Crippen LogP contribution in [0.15, 0.2) is 29.2 Å². The number of benzene rings is 1. The lowest BCUT2D eigenvalue weighted by Crippen LogP contribution is -2.21. The monoisotopic (exact) mass is 304 g/mol. The Morgan fingerprint density at radius 3 is 2.75 bits per heavy atom. The van der Waals surface area contributed by atoms with Crippen LogP contribution in [0.2, 0.25) is 0 Å². The van der Waals surface area contributed by atoms with E-state index in [4.69, 9.17) is 4.98 Å². The second-order valence-electron chi connectivity index (χ2n) is 5.04. The number of hydrogen-bond acceptors (Lipinski definition) is 4. The lowest BCUT2D eigenvalue weighted by Gasteiger charge is -2.16. The van der Waals surface area contributed by atoms with E-state index in [1.165, 1.54) is 38.9 Å². The summed E-state index contributed by atoms with van der Waals surface area (Å²) in [6, 6.07) is 9.10. The predicted octanol–water partition coefficient (Wildman–Crippen LogP) is 4.05. The van der Waals surface area contributed by atoms with Crippen LogP contribution in [-0.2, 0) is 12.8 Å². The highest BCUT2D eigenvalue weighted by Gasteiger charge is 2.22. The minimum atomic E-state index is 0.242. The Hall–Kier alpha value is -0.840. The van der Waals surface area contributed by atoms with Gasteiger partial charge in [-0.25, -0.2) is 4.98 Å². The first-order valence-corrected chi connectivity index (χ1v) is 9.21. The molecule has 1 N–H and O–H groups in total. The summed E-state index contributed by atoms with van der Waals surface area (Å²) in [5, 5.41) is 4.81. The van der Waals surface area contributed by atoms with Crippen LogP contribution in [0.25, 0.3) is 0 Å². The Labute approximate surface area is 129 Å². The molecule has 20 heavy (non-hydrogen) atoms. The van der Waals surface area contributed by atoms with Crippen molar-refractivity contribution in [2.45, 2.75) is 37.1 Å². The van der Waals surface area contributed by atoms with Crippen LogP contribution < -0.4 is 5.32 Å². The van der Waals surface area contributed by atoms with E-state index in [1.54, 1.807) is 11.8 Å². The van der Waals surface area contributed by atoms with E-state index in [0.29, 0.717) is 0 Å². The average molecular weight is 304 g/mol. The van der Waals surface area contributed by atoms with Gasteiger partial charge in [-0.15, -0.1) is 23.1 Å². The van der Waals surface area contributed by atoms with Gasteiger partial charge in [0.2, 0.25) is 0 Å². The summed E-state index contributed by atoms with van der Waals surface area (Å²) >= 11 is 3.68. The Morgan fingerprint density at radius 1 is 1.30 bits per heavy atom. The summed E-state index contributed by atoms with van der Waals surface area (Å²) in [6.45, 7) is 3.11. The molecule has 3 rings (SSSR count). The van der Waals surface area contributed by atoms with Crippen LogP contribution in [0.4, 0.5) is 0 Å². The van der Waals surface area contributed by atoms with Gasteiger partial charge in [0.05, 0.1) is 11.7 Å². The molecular formula is C16H20N2S2. The molecule has 0 fully saturated rings. The van der Waals surface area contributed by atoms with E-state index in [1.807, 2.05) is 11.3 Å². The highest BCUT2D eigenvalue weighted by molar-refractivity contribution is 7.98. The van der Waals surface area contributed by atoms with Gasteiger partial charge >= 0.3 is 0 Å². The van der Waals surface area contributed by atoms with E-state index in [-0.39, 0.29) is 6.04 Å². The van der Waals surface area contributed by atoms with Gasteiger partial charge in [0, 0.05) is 9.77 Å². The van der Waals surface area contributed by atoms with Crippen molar-refractivity contribution in [1.82, 2.24) is 10.3 Å². The number of fused-ring (bicyclic) bond motifs is 1. The summed E-state index contributed by atoms with van der Waals surface area (Å²) in [5.74, 6) is 0. The quantitative estimate of drug-likeness (QED) is 0.844. The van der Waals surface area contributed by atoms with Crippen molar-refractivity contribution in [2.24, 2.45) is 0 Å². The van der Waals surface area contributed by atoms with Crippen LogP contribution in [0.3, 0.4) is 0 Å². The first kappa shape index (κ1) is 14.1. The van der Waals surface area contributed by atoms with E-state index in [9.17, 15) is 0 Å². The van der Waals surface area contributed by atoms with Crippen LogP contribution in [0.1, 0.15) is 40.5 Å². The second-order valence-corrected chi connectivity index (χ2v) is 7.03. The highest BCUT2D eigenvalue weighted by Crippen LogP contribution is 2.33. The number of aromatic nitrogens is 1. The lowest BCUT2D eigenvalue weighted by atomic mass is 10.1. The molecule has 1 aromatic carbocycles. The van der Waals surface area contributed by atoms with Crippen molar-refractivity contribution in [3.63, 3.8) is 0 Å². The molecule has 0 saturated heterocycles. The van der Waals surface area contributed by atoms with Crippen molar-refractivity contribution < 1.29 is 0 Å². The van der Waals surface area contributed by atoms with Gasteiger partial charge in [0.25, 0.3) is 0 Å². The first-order chi connectivity index (χ1) is 9.81. The predicted molar refractivity (Wildman–Crippen MR) is 87.9 cm³/mol. The van der Waals surface area contributed by atoms with Gasteiger partial charge in [0.1, 0.15) is 5.01 Å². The van der Waals surface area contributed by atoms with Crippen LogP contribution in [-0.4, -0.2) is 17.8 Å². The molecule has 0 amide bonds. The number of thioether (sulfide) groups is 1. The zero-order valence-electron chi connectivity index (χ0n) is 12.0. The van der Waals surface area contributed by atoms with E-state index in [0.717, 1.165) is 13.0 Å². The molecule has 106 valence electrons. The third kappa shape index (κ3) is 2.78. The minimum absolute atomic E-state index is 0.242. The second kappa shape index (κ2) is 6.29. The van der Waals surface area contributed by atoms with Gasteiger partial charge < -0.3 is 5.32 Å². The fraction of sp³-hybridized carbons (Fsp3) is 0.438. The van der Waals surface area contributed by atoms with Crippen LogP contribution in [0, 0.1) is 0 Å². The van der Waals surface area contributed by atoms with Gasteiger partial charge in [-0.05, 0) is 49.8 Å². The molecule has 0 aliphatic heterocycles. The number of aryl methyl sites for hydroxylation is 2. The molecule has 1 heterocycles. The highest BCUT2D eigenvalue weighted by atomic mass is 32.2. The topological polar surface area (TPSA) is 24.9 Å². The molecule has 0 radical (unpaired) electrons. The van der Waals surface area contributed by atoms with Gasteiger partial charge in [-0.3, -0.25) is 0 Å². The standard InChI is InChI=1S/C16H20N2S2/c1-3-17-15(11-7-9-12(19-2)10-8-11)16-18-13-5-4-6-14(13)20-16/h7-10,15,17H,3-6H2,1-2H3. The molecule has 2 nitrogen and oxygen atoms in total. The van der Waals surface area contributed by atoms with E-state index in [2.05, 4.69) is 42.8 Å². The summed E-state index contributed by atoms with van der Waals surface area (Å²) < 4.78 is 0. The number of nitrogens with zero attached hydrogens (tertiary/aromatic N) is 1. The fourth-order valence-corrected chi connectivity index (χ4v) is 4.35. The zero-order valence-corrected chi connectivity index (χ0v) is 13.6. The number of rotatable bonds is 5. The van der Waals surface area contributed by atoms with Crippen molar-refractivity contribution >= 4 is 23.1 Å². The number of nitrogens with one attached hydrogen (secondary N) is 1. The molecule has 1 atom stereocenters. The Balaban J connectivity index is 1.90. The van der Waals surface area contributed by atoms with Crippen molar-refractivity contribution in [1.29, 1.82) is 0 Å². The molecule has 2 aromatic rings. The largest absolute Gasteiger partial charge is 0.305 e. The molecule has 0 bridgehead atoms. The third-order valence-corrected chi connectivity index (χ3v) is 5.68. The molecule has 1 unspecified atom stereocenters. The van der Waals surface area contributed by atoms with E-state index < -0.39 is 0 Å². The Morgan fingerprint density at radius 2 is 2.10 bits per heavy atom. The molecule has 4 heteroatoms. The smallest absolute Gasteiger partial charge is 0.115 e. The molecule has 1 aromatic heterocycles. The number of hydrogen-bond donors (Lipinski definition) is 1. The molecular weight excluding hydrogens is 284 g/mol. The average Bonchev–Trinajstić information content (AvgIpc) is 3.06. The molecule has 1 aliphatic carbocycles. The van der Waals surface area contributed by atoms with Crippen LogP contribution in [0.5, 0.6) is 0 Å². The summed E-state index contributed by atoms with van der Waals surface area (Å²) in [5.41, 5.74) is 2.66.